The molecule has 0 atom stereocenters. The van der Waals surface area contributed by atoms with Gasteiger partial charge in [-0.25, -0.2) is 14.8 Å². The van der Waals surface area contributed by atoms with Gasteiger partial charge in [-0.2, -0.15) is 0 Å². The van der Waals surface area contributed by atoms with E-state index in [1.165, 1.54) is 0 Å². The molecule has 6 nitrogen and oxygen atoms in total. The molecule has 0 spiro atoms. The van der Waals surface area contributed by atoms with Crippen LogP contribution in [-0.4, -0.2) is 27.3 Å². The fourth-order valence-corrected chi connectivity index (χ4v) is 2.00. The Balaban J connectivity index is 2.51. The summed E-state index contributed by atoms with van der Waals surface area (Å²) < 4.78 is 4.80. The van der Waals surface area contributed by atoms with E-state index in [2.05, 4.69) is 15.3 Å². The monoisotopic (exact) mass is 321 g/mol. The van der Waals surface area contributed by atoms with Crippen molar-refractivity contribution >= 4 is 23.6 Å². The lowest BCUT2D eigenvalue weighted by Crippen LogP contribution is -2.16. The summed E-state index contributed by atoms with van der Waals surface area (Å²) in [6.45, 7) is 5.51. The van der Waals surface area contributed by atoms with Gasteiger partial charge >= 0.3 is 6.16 Å². The highest BCUT2D eigenvalue weighted by Gasteiger charge is 2.17. The third kappa shape index (κ3) is 3.85. The zero-order chi connectivity index (χ0) is 16.3. The standard InChI is InChI=1S/C15H16ClN3O3/c1-8(2)17-14-12(22-15(20)21)9(3)18-13(19-14)10-4-6-11(16)7-5-10/h4-8H,1-3H3,(H,20,21)(H,17,18,19). The van der Waals surface area contributed by atoms with Crippen molar-refractivity contribution in [3.63, 3.8) is 0 Å². The Morgan fingerprint density at radius 1 is 1.27 bits per heavy atom. The van der Waals surface area contributed by atoms with Crippen molar-refractivity contribution < 1.29 is 14.6 Å². The normalized spacial score (nSPS) is 10.6. The second kappa shape index (κ2) is 6.62. The smallest absolute Gasteiger partial charge is 0.449 e. The highest BCUT2D eigenvalue weighted by molar-refractivity contribution is 6.30. The fourth-order valence-electron chi connectivity index (χ4n) is 1.87. The number of carboxylic acid groups (broad SMARTS) is 1. The lowest BCUT2D eigenvalue weighted by molar-refractivity contribution is 0.144. The molecule has 2 N–H and O–H groups in total. The van der Waals surface area contributed by atoms with Crippen LogP contribution < -0.4 is 10.1 Å². The number of hydrogen-bond donors (Lipinski definition) is 2. The molecule has 1 heterocycles. The molecule has 0 aliphatic carbocycles. The summed E-state index contributed by atoms with van der Waals surface area (Å²) in [6, 6.07) is 7.14. The van der Waals surface area contributed by atoms with Gasteiger partial charge in [0.25, 0.3) is 0 Å². The van der Waals surface area contributed by atoms with E-state index in [1.807, 2.05) is 13.8 Å². The largest absolute Gasteiger partial charge is 0.511 e. The van der Waals surface area contributed by atoms with Crippen LogP contribution >= 0.6 is 11.6 Å². The van der Waals surface area contributed by atoms with Gasteiger partial charge in [-0.1, -0.05) is 11.6 Å². The van der Waals surface area contributed by atoms with Gasteiger partial charge in [-0.05, 0) is 45.0 Å². The van der Waals surface area contributed by atoms with Crippen LogP contribution in [0.25, 0.3) is 11.4 Å². The van der Waals surface area contributed by atoms with E-state index >= 15 is 0 Å². The average Bonchev–Trinajstić information content (AvgIpc) is 2.42. The number of ether oxygens (including phenoxy) is 1. The first-order valence-electron chi connectivity index (χ1n) is 6.68. The fraction of sp³-hybridized carbons (Fsp3) is 0.267. The summed E-state index contributed by atoms with van der Waals surface area (Å²) in [5, 5.41) is 12.5. The van der Waals surface area contributed by atoms with Gasteiger partial charge in [0.1, 0.15) is 0 Å². The topological polar surface area (TPSA) is 84.3 Å². The van der Waals surface area contributed by atoms with Crippen molar-refractivity contribution in [3.8, 4) is 17.1 Å². The van der Waals surface area contributed by atoms with Crippen molar-refractivity contribution in [2.24, 2.45) is 0 Å². The summed E-state index contributed by atoms with van der Waals surface area (Å²) in [5.74, 6) is 0.920. The van der Waals surface area contributed by atoms with Crippen LogP contribution in [0.2, 0.25) is 5.02 Å². The Morgan fingerprint density at radius 2 is 1.91 bits per heavy atom. The molecule has 0 amide bonds. The number of hydrogen-bond acceptors (Lipinski definition) is 5. The minimum Gasteiger partial charge on any atom is -0.449 e. The van der Waals surface area contributed by atoms with Crippen molar-refractivity contribution in [3.05, 3.63) is 35.0 Å². The predicted molar refractivity (Wildman–Crippen MR) is 84.6 cm³/mol. The van der Waals surface area contributed by atoms with Gasteiger partial charge in [0.15, 0.2) is 17.4 Å². The zero-order valence-corrected chi connectivity index (χ0v) is 13.2. The molecular formula is C15H16ClN3O3. The van der Waals surface area contributed by atoms with E-state index in [4.69, 9.17) is 21.4 Å². The molecule has 2 aromatic rings. The maximum absolute atomic E-state index is 10.8. The Morgan fingerprint density at radius 3 is 2.45 bits per heavy atom. The van der Waals surface area contributed by atoms with E-state index < -0.39 is 6.16 Å². The van der Waals surface area contributed by atoms with Gasteiger partial charge in [0.2, 0.25) is 0 Å². The van der Waals surface area contributed by atoms with E-state index in [9.17, 15) is 4.79 Å². The molecule has 0 aliphatic rings. The number of anilines is 1. The first-order valence-corrected chi connectivity index (χ1v) is 7.06. The Kier molecular flexibility index (Phi) is 4.82. The van der Waals surface area contributed by atoms with Crippen LogP contribution in [0.5, 0.6) is 5.75 Å². The van der Waals surface area contributed by atoms with Crippen molar-refractivity contribution in [2.75, 3.05) is 5.32 Å². The van der Waals surface area contributed by atoms with Crippen LogP contribution in [0.3, 0.4) is 0 Å². The summed E-state index contributed by atoms with van der Waals surface area (Å²) >= 11 is 5.87. The zero-order valence-electron chi connectivity index (χ0n) is 12.4. The van der Waals surface area contributed by atoms with Crippen LogP contribution in [0.1, 0.15) is 19.5 Å². The molecule has 0 saturated carbocycles. The van der Waals surface area contributed by atoms with Crippen molar-refractivity contribution in [1.82, 2.24) is 9.97 Å². The number of rotatable bonds is 4. The molecule has 0 saturated heterocycles. The Hall–Kier alpha value is -2.34. The summed E-state index contributed by atoms with van der Waals surface area (Å²) in [7, 11) is 0. The first kappa shape index (κ1) is 16.0. The molecule has 0 fully saturated rings. The number of aromatic nitrogens is 2. The Bertz CT molecular complexity index is 687. The number of nitrogens with one attached hydrogen (secondary N) is 1. The van der Waals surface area contributed by atoms with Gasteiger partial charge in [-0.15, -0.1) is 0 Å². The number of halogens is 1. The van der Waals surface area contributed by atoms with E-state index in [0.717, 1.165) is 5.56 Å². The molecule has 7 heteroatoms. The second-order valence-electron chi connectivity index (χ2n) is 4.98. The molecule has 22 heavy (non-hydrogen) atoms. The predicted octanol–water partition coefficient (Wildman–Crippen LogP) is 3.98. The van der Waals surface area contributed by atoms with E-state index in [1.54, 1.807) is 31.2 Å². The SMILES string of the molecule is Cc1nc(-c2ccc(Cl)cc2)nc(NC(C)C)c1OC(=O)O. The highest BCUT2D eigenvalue weighted by Crippen LogP contribution is 2.30. The summed E-state index contributed by atoms with van der Waals surface area (Å²) in [6.07, 6.45) is -1.40. The minimum absolute atomic E-state index is 0.0588. The van der Waals surface area contributed by atoms with Gasteiger partial charge in [-0.3, -0.25) is 0 Å². The van der Waals surface area contributed by atoms with Crippen molar-refractivity contribution in [1.29, 1.82) is 0 Å². The van der Waals surface area contributed by atoms with Gasteiger partial charge < -0.3 is 15.2 Å². The first-order chi connectivity index (χ1) is 10.4. The third-order valence-corrected chi connectivity index (χ3v) is 3.00. The molecule has 2 rings (SSSR count). The lowest BCUT2D eigenvalue weighted by atomic mass is 10.2. The average molecular weight is 322 g/mol. The summed E-state index contributed by atoms with van der Waals surface area (Å²) in [5.41, 5.74) is 1.21. The number of nitrogens with zero attached hydrogens (tertiary/aromatic N) is 2. The quantitative estimate of drug-likeness (QED) is 0.828. The van der Waals surface area contributed by atoms with Crippen LogP contribution in [0, 0.1) is 6.92 Å². The van der Waals surface area contributed by atoms with E-state index in [0.29, 0.717) is 22.4 Å². The molecule has 0 aliphatic heterocycles. The molecule has 0 bridgehead atoms. The molecular weight excluding hydrogens is 306 g/mol. The maximum Gasteiger partial charge on any atom is 0.511 e. The molecule has 116 valence electrons. The molecule has 0 unspecified atom stereocenters. The summed E-state index contributed by atoms with van der Waals surface area (Å²) in [4.78, 5) is 19.5. The maximum atomic E-state index is 10.8. The molecule has 1 aromatic heterocycles. The number of benzene rings is 1. The van der Waals surface area contributed by atoms with Gasteiger partial charge in [0.05, 0.1) is 5.69 Å². The van der Waals surface area contributed by atoms with Crippen LogP contribution in [-0.2, 0) is 0 Å². The lowest BCUT2D eigenvalue weighted by Gasteiger charge is -2.15. The highest BCUT2D eigenvalue weighted by atomic mass is 35.5. The third-order valence-electron chi connectivity index (χ3n) is 2.75. The van der Waals surface area contributed by atoms with Gasteiger partial charge in [0, 0.05) is 16.6 Å². The van der Waals surface area contributed by atoms with Crippen LogP contribution in [0.15, 0.2) is 24.3 Å². The van der Waals surface area contributed by atoms with E-state index in [-0.39, 0.29) is 11.8 Å². The van der Waals surface area contributed by atoms with Crippen LogP contribution in [0.4, 0.5) is 10.6 Å². The molecule has 0 radical (unpaired) electrons. The number of carbonyl (C=O) groups is 1. The minimum atomic E-state index is -1.40. The Labute approximate surface area is 133 Å². The second-order valence-corrected chi connectivity index (χ2v) is 5.42. The number of aryl methyl sites for hydroxylation is 1. The molecule has 1 aromatic carbocycles. The van der Waals surface area contributed by atoms with Crippen molar-refractivity contribution in [2.45, 2.75) is 26.8 Å².